The van der Waals surface area contributed by atoms with Gasteiger partial charge in [-0.1, -0.05) is 200 Å². The molecule has 0 bridgehead atoms. The summed E-state index contributed by atoms with van der Waals surface area (Å²) in [4.78, 5) is 4.94. The maximum Gasteiger partial charge on any atom is 0.0775 e. The zero-order valence-corrected chi connectivity index (χ0v) is 41.0. The third kappa shape index (κ3) is 7.45. The van der Waals surface area contributed by atoms with E-state index in [0.29, 0.717) is 0 Å². The Labute approximate surface area is 388 Å². The molecule has 0 unspecified atom stereocenters. The van der Waals surface area contributed by atoms with Crippen LogP contribution >= 0.6 is 0 Å². The molecule has 0 saturated heterocycles. The molecule has 1 aliphatic rings. The van der Waals surface area contributed by atoms with E-state index in [4.69, 9.17) is 0 Å². The van der Waals surface area contributed by atoms with Gasteiger partial charge >= 0.3 is 0 Å². The Morgan fingerprint density at radius 3 is 1.22 bits per heavy atom. The number of benzene rings is 9. The van der Waals surface area contributed by atoms with Crippen LogP contribution in [0.3, 0.4) is 0 Å². The van der Waals surface area contributed by atoms with Gasteiger partial charge < -0.3 is 9.80 Å². The minimum atomic E-state index is -1.53. The second-order valence-corrected chi connectivity index (χ2v) is 30.2. The van der Waals surface area contributed by atoms with E-state index in [2.05, 4.69) is 269 Å². The highest BCUT2D eigenvalue weighted by Gasteiger charge is 2.48. The van der Waals surface area contributed by atoms with Crippen molar-refractivity contribution in [1.82, 2.24) is 0 Å². The van der Waals surface area contributed by atoms with Crippen molar-refractivity contribution in [3.8, 4) is 11.1 Å². The van der Waals surface area contributed by atoms with Crippen molar-refractivity contribution < 1.29 is 0 Å². The fourth-order valence-corrected chi connectivity index (χ4v) is 12.5. The van der Waals surface area contributed by atoms with Crippen molar-refractivity contribution in [2.24, 2.45) is 0 Å². The highest BCUT2D eigenvalue weighted by atomic mass is 28.3. The number of anilines is 6. The second-order valence-electron chi connectivity index (χ2n) is 20.0. The predicted octanol–water partition coefficient (Wildman–Crippen LogP) is 15.8. The molecule has 0 N–H and O–H groups in total. The SMILES string of the molecule is Cc1ccc(N(c2ccc([Si](C)(C)C)cc2)c2ccc3c(c2)C(c2ccccc2)(c2ccccc2)c2cc(N(c4ccc(C)cc4)c4ccc([Si](C)(C)C)cc4)c4ccccc4c2-3)cc1. The monoisotopic (exact) mass is 874 g/mol. The Hall–Kier alpha value is -6.73. The van der Waals surface area contributed by atoms with Crippen LogP contribution in [0.25, 0.3) is 21.9 Å². The van der Waals surface area contributed by atoms with Gasteiger partial charge in [0.1, 0.15) is 0 Å². The molecule has 0 aliphatic heterocycles. The first-order valence-electron chi connectivity index (χ1n) is 23.1. The van der Waals surface area contributed by atoms with E-state index >= 15 is 0 Å². The standard InChI is InChI=1S/C61H58N2Si2/c1-43-23-27-47(28-24-43)62(48-31-36-52(37-32-48)64(3,4)5)51-35-40-56-57(41-51)61(45-17-11-9-12-18-45,46-19-13-10-14-20-46)58-42-59(54-21-15-16-22-55(54)60(56)58)63(49-29-25-44(2)26-30-49)50-33-38-53(39-34-50)65(6,7)8/h9-42H,1-8H3. The molecule has 0 fully saturated rings. The molecule has 65 heavy (non-hydrogen) atoms. The summed E-state index contributed by atoms with van der Waals surface area (Å²) in [7, 11) is -3.05. The summed E-state index contributed by atoms with van der Waals surface area (Å²) in [5.74, 6) is 0. The number of nitrogens with zero attached hydrogens (tertiary/aromatic N) is 2. The van der Waals surface area contributed by atoms with Gasteiger partial charge in [-0.05, 0) is 119 Å². The van der Waals surface area contributed by atoms with Crippen molar-refractivity contribution in [2.45, 2.75) is 58.5 Å². The Bertz CT molecular complexity index is 3100. The Kier molecular flexibility index (Phi) is 10.6. The predicted molar refractivity (Wildman–Crippen MR) is 286 cm³/mol. The smallest absolute Gasteiger partial charge is 0.0775 e. The molecule has 1 aliphatic carbocycles. The molecule has 0 heterocycles. The normalized spacial score (nSPS) is 13.0. The average molecular weight is 875 g/mol. The van der Waals surface area contributed by atoms with E-state index < -0.39 is 21.6 Å². The second kappa shape index (κ2) is 16.4. The molecule has 10 rings (SSSR count). The van der Waals surface area contributed by atoms with Crippen LogP contribution < -0.4 is 20.2 Å². The van der Waals surface area contributed by atoms with Crippen LogP contribution in [0, 0.1) is 13.8 Å². The van der Waals surface area contributed by atoms with Crippen LogP contribution in [0.5, 0.6) is 0 Å². The van der Waals surface area contributed by atoms with Crippen LogP contribution in [0.15, 0.2) is 206 Å². The molecule has 4 heteroatoms. The van der Waals surface area contributed by atoms with Gasteiger partial charge in [0.05, 0.1) is 27.3 Å². The van der Waals surface area contributed by atoms with Crippen molar-refractivity contribution in [3.63, 3.8) is 0 Å². The van der Waals surface area contributed by atoms with Gasteiger partial charge in [0, 0.05) is 33.8 Å². The summed E-state index contributed by atoms with van der Waals surface area (Å²) in [6.45, 7) is 18.9. The van der Waals surface area contributed by atoms with Crippen molar-refractivity contribution >= 4 is 71.4 Å². The summed E-state index contributed by atoms with van der Waals surface area (Å²) < 4.78 is 0. The van der Waals surface area contributed by atoms with Crippen LogP contribution in [0.1, 0.15) is 33.4 Å². The summed E-state index contributed by atoms with van der Waals surface area (Å²) >= 11 is 0. The molecular weight excluding hydrogens is 817 g/mol. The van der Waals surface area contributed by atoms with Crippen LogP contribution in [-0.2, 0) is 5.41 Å². The first-order valence-corrected chi connectivity index (χ1v) is 30.1. The number of hydrogen-bond acceptors (Lipinski definition) is 2. The van der Waals surface area contributed by atoms with Gasteiger partial charge in [-0.15, -0.1) is 0 Å². The lowest BCUT2D eigenvalue weighted by atomic mass is 9.67. The van der Waals surface area contributed by atoms with Crippen LogP contribution in [-0.4, -0.2) is 16.1 Å². The maximum absolute atomic E-state index is 2.54. The summed E-state index contributed by atoms with van der Waals surface area (Å²) in [5, 5.41) is 5.37. The third-order valence-corrected chi connectivity index (χ3v) is 17.7. The van der Waals surface area contributed by atoms with Crippen LogP contribution in [0.2, 0.25) is 39.3 Å². The third-order valence-electron chi connectivity index (χ3n) is 13.6. The van der Waals surface area contributed by atoms with Crippen molar-refractivity contribution in [2.75, 3.05) is 9.80 Å². The van der Waals surface area contributed by atoms with Gasteiger partial charge in [0.15, 0.2) is 0 Å². The van der Waals surface area contributed by atoms with Crippen molar-refractivity contribution in [3.05, 3.63) is 240 Å². The molecular formula is C61H58N2Si2. The first-order chi connectivity index (χ1) is 31.3. The van der Waals surface area contributed by atoms with E-state index in [9.17, 15) is 0 Å². The molecule has 0 amide bonds. The van der Waals surface area contributed by atoms with Gasteiger partial charge in [-0.25, -0.2) is 0 Å². The zero-order chi connectivity index (χ0) is 45.1. The lowest BCUT2D eigenvalue weighted by molar-refractivity contribution is 0.769. The van der Waals surface area contributed by atoms with Gasteiger partial charge in [0.25, 0.3) is 0 Å². The number of hydrogen-bond donors (Lipinski definition) is 0. The maximum atomic E-state index is 2.54. The summed E-state index contributed by atoms with van der Waals surface area (Å²) in [5.41, 5.74) is 16.3. The zero-order valence-electron chi connectivity index (χ0n) is 39.0. The molecule has 0 atom stereocenters. The fraction of sp³-hybridized carbons (Fsp3) is 0.148. The average Bonchev–Trinajstić information content (AvgIpc) is 3.61. The van der Waals surface area contributed by atoms with E-state index in [1.807, 2.05) is 0 Å². The minimum Gasteiger partial charge on any atom is -0.310 e. The van der Waals surface area contributed by atoms with Gasteiger partial charge in [0.2, 0.25) is 0 Å². The first kappa shape index (κ1) is 42.2. The van der Waals surface area contributed by atoms with E-state index in [1.165, 1.54) is 65.7 Å². The fourth-order valence-electron chi connectivity index (χ4n) is 10.1. The quantitative estimate of drug-likeness (QED) is 0.126. The van der Waals surface area contributed by atoms with Crippen molar-refractivity contribution in [1.29, 1.82) is 0 Å². The van der Waals surface area contributed by atoms with E-state index in [1.54, 1.807) is 0 Å². The van der Waals surface area contributed by atoms with E-state index in [0.717, 1.165) is 34.1 Å². The highest BCUT2D eigenvalue weighted by Crippen LogP contribution is 2.60. The lowest BCUT2D eigenvalue weighted by Crippen LogP contribution is -2.37. The lowest BCUT2D eigenvalue weighted by Gasteiger charge is -2.36. The largest absolute Gasteiger partial charge is 0.310 e. The number of aryl methyl sites for hydroxylation is 2. The van der Waals surface area contributed by atoms with Crippen LogP contribution in [0.4, 0.5) is 34.1 Å². The topological polar surface area (TPSA) is 6.48 Å². The molecule has 9 aromatic carbocycles. The highest BCUT2D eigenvalue weighted by molar-refractivity contribution is 6.89. The van der Waals surface area contributed by atoms with E-state index in [-0.39, 0.29) is 0 Å². The molecule has 320 valence electrons. The summed E-state index contributed by atoms with van der Waals surface area (Å²) in [6.07, 6.45) is 0. The molecule has 0 spiro atoms. The number of rotatable bonds is 10. The molecule has 0 radical (unpaired) electrons. The van der Waals surface area contributed by atoms with Gasteiger partial charge in [-0.3, -0.25) is 0 Å². The Morgan fingerprint density at radius 1 is 0.354 bits per heavy atom. The Balaban J connectivity index is 1.29. The minimum absolute atomic E-state index is 0.650. The molecule has 2 nitrogen and oxygen atoms in total. The Morgan fingerprint density at radius 2 is 0.754 bits per heavy atom. The molecule has 9 aromatic rings. The molecule has 0 saturated carbocycles. The van der Waals surface area contributed by atoms with Gasteiger partial charge in [-0.2, -0.15) is 0 Å². The molecule has 0 aromatic heterocycles. The summed E-state index contributed by atoms with van der Waals surface area (Å²) in [6, 6.07) is 78.2. The number of fused-ring (bicyclic) bond motifs is 5.